The maximum absolute atomic E-state index is 13.8. The lowest BCUT2D eigenvalue weighted by atomic mass is 9.70. The average molecular weight is 478 g/mol. The number of benzene rings is 1. The summed E-state index contributed by atoms with van der Waals surface area (Å²) in [6.07, 6.45) is 1.51. The Hall–Kier alpha value is -2.16. The predicted molar refractivity (Wildman–Crippen MR) is 124 cm³/mol. The van der Waals surface area contributed by atoms with Crippen LogP contribution in [0.4, 0.5) is 5.69 Å². The highest BCUT2D eigenvalue weighted by Crippen LogP contribution is 2.59. The molecule has 6 atom stereocenters. The zero-order valence-electron chi connectivity index (χ0n) is 19.2. The van der Waals surface area contributed by atoms with Crippen LogP contribution < -0.4 is 10.6 Å². The molecule has 3 fully saturated rings. The Labute approximate surface area is 199 Å². The minimum absolute atomic E-state index is 0.0930. The zero-order valence-corrected chi connectivity index (χ0v) is 20.0. The van der Waals surface area contributed by atoms with Gasteiger partial charge in [-0.15, -0.1) is 0 Å². The smallest absolute Gasteiger partial charge is 0.250 e. The number of aliphatic hydroxyl groups is 1. The van der Waals surface area contributed by atoms with Gasteiger partial charge in [0.2, 0.25) is 17.7 Å². The molecule has 9 heteroatoms. The van der Waals surface area contributed by atoms with Crippen molar-refractivity contribution in [2.75, 3.05) is 18.5 Å². The van der Waals surface area contributed by atoms with Crippen molar-refractivity contribution in [2.45, 2.75) is 63.8 Å². The van der Waals surface area contributed by atoms with Gasteiger partial charge in [0.1, 0.15) is 11.6 Å². The number of fused-ring (bicyclic) bond motifs is 1. The van der Waals surface area contributed by atoms with Crippen molar-refractivity contribution >= 4 is 35.0 Å². The van der Waals surface area contributed by atoms with E-state index in [4.69, 9.17) is 16.3 Å². The van der Waals surface area contributed by atoms with Crippen LogP contribution in [0.25, 0.3) is 0 Å². The lowest BCUT2D eigenvalue weighted by Crippen LogP contribution is -2.57. The van der Waals surface area contributed by atoms with Crippen molar-refractivity contribution < 1.29 is 24.2 Å². The molecular formula is C24H32ClN3O5. The number of nitrogens with zero attached hydrogens (tertiary/aromatic N) is 1. The highest BCUT2D eigenvalue weighted by molar-refractivity contribution is 6.30. The molecule has 180 valence electrons. The van der Waals surface area contributed by atoms with Gasteiger partial charge in [-0.3, -0.25) is 14.4 Å². The lowest BCUT2D eigenvalue weighted by molar-refractivity contribution is -0.145. The van der Waals surface area contributed by atoms with Crippen molar-refractivity contribution in [1.82, 2.24) is 10.2 Å². The number of hydrogen-bond acceptors (Lipinski definition) is 5. The lowest BCUT2D eigenvalue weighted by Gasteiger charge is -2.38. The fourth-order valence-corrected chi connectivity index (χ4v) is 5.90. The van der Waals surface area contributed by atoms with Crippen molar-refractivity contribution in [2.24, 2.45) is 17.8 Å². The van der Waals surface area contributed by atoms with Crippen LogP contribution in [0, 0.1) is 17.8 Å². The van der Waals surface area contributed by atoms with Gasteiger partial charge in [-0.25, -0.2) is 0 Å². The van der Waals surface area contributed by atoms with Crippen molar-refractivity contribution in [1.29, 1.82) is 0 Å². The van der Waals surface area contributed by atoms with Gasteiger partial charge in [-0.2, -0.15) is 0 Å². The number of halogens is 1. The molecule has 3 N–H and O–H groups in total. The Morgan fingerprint density at radius 2 is 1.97 bits per heavy atom. The second-order valence-corrected chi connectivity index (χ2v) is 10.0. The summed E-state index contributed by atoms with van der Waals surface area (Å²) < 4.78 is 6.38. The first-order chi connectivity index (χ1) is 15.7. The molecule has 8 nitrogen and oxygen atoms in total. The molecule has 4 rings (SSSR count). The molecule has 0 aromatic heterocycles. The van der Waals surface area contributed by atoms with Gasteiger partial charge in [0.15, 0.2) is 0 Å². The molecule has 0 radical (unpaired) electrons. The van der Waals surface area contributed by atoms with Gasteiger partial charge in [0.05, 0.1) is 30.6 Å². The van der Waals surface area contributed by atoms with Crippen LogP contribution in [0.1, 0.15) is 40.0 Å². The van der Waals surface area contributed by atoms with Crippen LogP contribution in [-0.4, -0.2) is 64.7 Å². The number of hydrogen-bond donors (Lipinski definition) is 3. The number of rotatable bonds is 8. The summed E-state index contributed by atoms with van der Waals surface area (Å²) in [7, 11) is 0. The topological polar surface area (TPSA) is 108 Å². The Morgan fingerprint density at radius 1 is 1.27 bits per heavy atom. The van der Waals surface area contributed by atoms with Crippen molar-refractivity contribution in [3.8, 4) is 0 Å². The molecule has 1 spiro atoms. The molecule has 33 heavy (non-hydrogen) atoms. The molecule has 3 aliphatic rings. The quantitative estimate of drug-likeness (QED) is 0.532. The Balaban J connectivity index is 1.72. The number of likely N-dealkylation sites (tertiary alicyclic amines) is 1. The maximum atomic E-state index is 13.8. The second-order valence-electron chi connectivity index (χ2n) is 9.58. The summed E-state index contributed by atoms with van der Waals surface area (Å²) in [5.74, 6) is -2.36. The van der Waals surface area contributed by atoms with Gasteiger partial charge >= 0.3 is 0 Å². The third-order valence-corrected chi connectivity index (χ3v) is 7.52. The molecule has 1 aromatic rings. The van der Waals surface area contributed by atoms with Gasteiger partial charge in [0.25, 0.3) is 0 Å². The molecule has 3 amide bonds. The molecule has 0 saturated carbocycles. The van der Waals surface area contributed by atoms with Crippen LogP contribution >= 0.6 is 11.6 Å². The molecule has 0 aliphatic carbocycles. The summed E-state index contributed by atoms with van der Waals surface area (Å²) in [6, 6.07) is 5.21. The Bertz CT molecular complexity index is 923. The minimum atomic E-state index is -1.09. The monoisotopic (exact) mass is 477 g/mol. The van der Waals surface area contributed by atoms with Crippen LogP contribution in [0.2, 0.25) is 5.02 Å². The SMILES string of the molecule is CCCNC(=O)[C@@H]1[C@H]2C(=O)N([C@@H](CO)C(C)C)C(C(=O)Nc3ccc(Cl)cc3)C23CC[C@H]1O3. The summed E-state index contributed by atoms with van der Waals surface area (Å²) >= 11 is 5.97. The first kappa shape index (κ1) is 24.0. The van der Waals surface area contributed by atoms with Crippen LogP contribution in [-0.2, 0) is 19.1 Å². The second kappa shape index (κ2) is 9.24. The fraction of sp³-hybridized carbons (Fsp3) is 0.625. The summed E-state index contributed by atoms with van der Waals surface area (Å²) in [6.45, 7) is 6.00. The number of carbonyl (C=O) groups is 3. The zero-order chi connectivity index (χ0) is 23.9. The normalized spacial score (nSPS) is 31.1. The summed E-state index contributed by atoms with van der Waals surface area (Å²) in [4.78, 5) is 42.0. The molecule has 1 aromatic carbocycles. The standard InChI is InChI=1S/C24H32ClN3O5/c1-4-11-26-21(30)18-17-9-10-24(33-17)19(18)23(32)28(16(12-29)13(2)3)20(24)22(31)27-15-7-5-14(25)6-8-15/h5-8,13,16-20,29H,4,9-12H2,1-3H3,(H,26,30)(H,27,31)/t16-,17+,18-,19-,20?,24?/m0/s1. The van der Waals surface area contributed by atoms with Crippen LogP contribution in [0.3, 0.4) is 0 Å². The highest BCUT2D eigenvalue weighted by atomic mass is 35.5. The van der Waals surface area contributed by atoms with Gasteiger partial charge in [-0.05, 0) is 49.4 Å². The van der Waals surface area contributed by atoms with Gasteiger partial charge in [-0.1, -0.05) is 32.4 Å². The number of carbonyl (C=O) groups excluding carboxylic acids is 3. The molecule has 2 bridgehead atoms. The Morgan fingerprint density at radius 3 is 2.58 bits per heavy atom. The maximum Gasteiger partial charge on any atom is 0.250 e. The number of ether oxygens (including phenoxy) is 1. The van der Waals surface area contributed by atoms with E-state index < -0.39 is 35.6 Å². The third kappa shape index (κ3) is 3.92. The van der Waals surface area contributed by atoms with E-state index in [1.54, 1.807) is 24.3 Å². The van der Waals surface area contributed by atoms with Crippen LogP contribution in [0.5, 0.6) is 0 Å². The average Bonchev–Trinajstić information content (AvgIpc) is 3.42. The number of amides is 3. The van der Waals surface area contributed by atoms with E-state index in [0.29, 0.717) is 30.1 Å². The van der Waals surface area contributed by atoms with E-state index in [1.165, 1.54) is 4.90 Å². The summed E-state index contributed by atoms with van der Waals surface area (Å²) in [5, 5.41) is 16.5. The van der Waals surface area contributed by atoms with E-state index in [2.05, 4.69) is 10.6 Å². The molecule has 3 heterocycles. The first-order valence-electron chi connectivity index (χ1n) is 11.7. The van der Waals surface area contributed by atoms with E-state index in [0.717, 1.165) is 6.42 Å². The first-order valence-corrected chi connectivity index (χ1v) is 12.1. The predicted octanol–water partition coefficient (Wildman–Crippen LogP) is 2.20. The number of anilines is 1. The van der Waals surface area contributed by atoms with Gasteiger partial charge < -0.3 is 25.4 Å². The largest absolute Gasteiger partial charge is 0.394 e. The van der Waals surface area contributed by atoms with E-state index in [1.807, 2.05) is 20.8 Å². The van der Waals surface area contributed by atoms with E-state index in [-0.39, 0.29) is 30.2 Å². The third-order valence-electron chi connectivity index (χ3n) is 7.26. The molecular weight excluding hydrogens is 446 g/mol. The molecule has 2 unspecified atom stereocenters. The van der Waals surface area contributed by atoms with Crippen molar-refractivity contribution in [3.05, 3.63) is 29.3 Å². The van der Waals surface area contributed by atoms with Gasteiger partial charge in [0, 0.05) is 17.3 Å². The highest BCUT2D eigenvalue weighted by Gasteiger charge is 2.75. The summed E-state index contributed by atoms with van der Waals surface area (Å²) in [5.41, 5.74) is -0.541. The fourth-order valence-electron chi connectivity index (χ4n) is 5.78. The number of nitrogens with one attached hydrogen (secondary N) is 2. The van der Waals surface area contributed by atoms with E-state index >= 15 is 0 Å². The van der Waals surface area contributed by atoms with E-state index in [9.17, 15) is 19.5 Å². The Kier molecular flexibility index (Phi) is 6.71. The van der Waals surface area contributed by atoms with Crippen LogP contribution in [0.15, 0.2) is 24.3 Å². The molecule has 3 aliphatic heterocycles. The number of aliphatic hydroxyl groups excluding tert-OH is 1. The van der Waals surface area contributed by atoms with Crippen molar-refractivity contribution in [3.63, 3.8) is 0 Å². The molecule has 3 saturated heterocycles. The minimum Gasteiger partial charge on any atom is -0.394 e.